The van der Waals surface area contributed by atoms with Gasteiger partial charge in [0.2, 0.25) is 6.54 Å². The van der Waals surface area contributed by atoms with Gasteiger partial charge in [0.25, 0.3) is 5.91 Å². The van der Waals surface area contributed by atoms with Gasteiger partial charge in [-0.25, -0.2) is 4.68 Å². The third-order valence-electron chi connectivity index (χ3n) is 5.12. The third kappa shape index (κ3) is 3.77. The van der Waals surface area contributed by atoms with Gasteiger partial charge in [0.15, 0.2) is 12.4 Å². The van der Waals surface area contributed by atoms with Crippen LogP contribution in [0.2, 0.25) is 0 Å². The van der Waals surface area contributed by atoms with Gasteiger partial charge in [-0.2, -0.15) is 9.67 Å². The maximum Gasteiger partial charge on any atom is 0.286 e. The van der Waals surface area contributed by atoms with Crippen LogP contribution in [0.1, 0.15) is 37.6 Å². The fraction of sp³-hybridized carbons (Fsp3) is 0.318. The minimum Gasteiger partial charge on any atom is -0.344 e. The predicted octanol–water partition coefficient (Wildman–Crippen LogP) is 2.99. The average Bonchev–Trinajstić information content (AvgIpc) is 3.06. The van der Waals surface area contributed by atoms with Crippen LogP contribution in [0.3, 0.4) is 0 Å². The van der Waals surface area contributed by atoms with E-state index in [9.17, 15) is 4.79 Å². The van der Waals surface area contributed by atoms with Crippen LogP contribution in [0, 0.1) is 5.41 Å². The number of fused-ring (bicyclic) bond motifs is 1. The van der Waals surface area contributed by atoms with E-state index in [1.54, 1.807) is 0 Å². The first-order valence-electron chi connectivity index (χ1n) is 9.37. The van der Waals surface area contributed by atoms with Crippen molar-refractivity contribution in [1.82, 2.24) is 15.1 Å². The molecule has 1 amide bonds. The van der Waals surface area contributed by atoms with Gasteiger partial charge in [0, 0.05) is 17.7 Å². The summed E-state index contributed by atoms with van der Waals surface area (Å²) >= 11 is 0. The molecular weight excluding hydrogens is 336 g/mol. The molecule has 0 aliphatic heterocycles. The van der Waals surface area contributed by atoms with Crippen molar-refractivity contribution < 1.29 is 9.36 Å². The lowest BCUT2D eigenvalue weighted by molar-refractivity contribution is -0.684. The zero-order valence-corrected chi connectivity index (χ0v) is 15.8. The molecule has 5 heteroatoms. The summed E-state index contributed by atoms with van der Waals surface area (Å²) < 4.78 is 3.90. The van der Waals surface area contributed by atoms with E-state index in [0.717, 1.165) is 24.1 Å². The molecule has 138 valence electrons. The number of carbonyl (C=O) groups is 1. The fourth-order valence-electron chi connectivity index (χ4n) is 3.91. The van der Waals surface area contributed by atoms with Crippen molar-refractivity contribution in [3.8, 4) is 5.69 Å². The van der Waals surface area contributed by atoms with Crippen LogP contribution in [-0.4, -0.2) is 15.7 Å². The monoisotopic (exact) mass is 361 g/mol. The number of nitrogens with one attached hydrogen (secondary N) is 1. The number of benzene rings is 1. The highest BCUT2D eigenvalue weighted by atomic mass is 16.2. The number of hydrogen-bond donors (Lipinski definition) is 1. The number of para-hydroxylation sites is 1. The zero-order chi connectivity index (χ0) is 18.9. The van der Waals surface area contributed by atoms with Crippen molar-refractivity contribution in [3.63, 3.8) is 0 Å². The Morgan fingerprint density at radius 2 is 1.89 bits per heavy atom. The van der Waals surface area contributed by atoms with Crippen LogP contribution in [0.15, 0.2) is 67.1 Å². The molecule has 2 aromatic heterocycles. The molecule has 1 aliphatic rings. The second-order valence-electron chi connectivity index (χ2n) is 8.01. The highest BCUT2D eigenvalue weighted by Crippen LogP contribution is 2.41. The van der Waals surface area contributed by atoms with E-state index in [-0.39, 0.29) is 17.4 Å². The van der Waals surface area contributed by atoms with Crippen LogP contribution in [0.4, 0.5) is 0 Å². The average molecular weight is 361 g/mol. The topological polar surface area (TPSA) is 50.8 Å². The molecule has 1 unspecified atom stereocenters. The molecule has 1 aliphatic carbocycles. The molecule has 4 rings (SSSR count). The molecule has 1 atom stereocenters. The van der Waals surface area contributed by atoms with E-state index < -0.39 is 0 Å². The van der Waals surface area contributed by atoms with E-state index in [1.807, 2.05) is 64.2 Å². The Hall–Kier alpha value is -2.95. The summed E-state index contributed by atoms with van der Waals surface area (Å²) in [6.45, 7) is 4.83. The van der Waals surface area contributed by atoms with Crippen molar-refractivity contribution in [1.29, 1.82) is 0 Å². The van der Waals surface area contributed by atoms with Crippen LogP contribution in [0.25, 0.3) is 5.69 Å². The molecule has 1 aromatic carbocycles. The summed E-state index contributed by atoms with van der Waals surface area (Å²) in [4.78, 5) is 12.6. The zero-order valence-electron chi connectivity index (χ0n) is 15.8. The number of hydrogen-bond acceptors (Lipinski definition) is 2. The van der Waals surface area contributed by atoms with E-state index >= 15 is 0 Å². The van der Waals surface area contributed by atoms with Gasteiger partial charge in [-0.1, -0.05) is 38.1 Å². The van der Waals surface area contributed by atoms with Crippen LogP contribution < -0.4 is 9.88 Å². The molecule has 0 saturated heterocycles. The highest BCUT2D eigenvalue weighted by molar-refractivity contribution is 5.75. The minimum absolute atomic E-state index is 0.0157. The fourth-order valence-corrected chi connectivity index (χ4v) is 3.91. The third-order valence-corrected chi connectivity index (χ3v) is 5.12. The summed E-state index contributed by atoms with van der Waals surface area (Å²) in [5.74, 6) is 0.0207. The maximum atomic E-state index is 12.6. The maximum absolute atomic E-state index is 12.6. The molecule has 27 heavy (non-hydrogen) atoms. The lowest BCUT2D eigenvalue weighted by atomic mass is 9.74. The van der Waals surface area contributed by atoms with E-state index in [2.05, 4.69) is 36.4 Å². The molecule has 0 spiro atoms. The van der Waals surface area contributed by atoms with Gasteiger partial charge in [-0.05, 0) is 30.4 Å². The number of pyridine rings is 1. The molecule has 1 N–H and O–H groups in total. The summed E-state index contributed by atoms with van der Waals surface area (Å²) in [7, 11) is 0. The lowest BCUT2D eigenvalue weighted by Gasteiger charge is -2.35. The molecule has 2 heterocycles. The Kier molecular flexibility index (Phi) is 4.52. The predicted molar refractivity (Wildman–Crippen MR) is 103 cm³/mol. The number of nitrogens with zero attached hydrogens (tertiary/aromatic N) is 3. The molecule has 0 bridgehead atoms. The second-order valence-corrected chi connectivity index (χ2v) is 8.01. The Bertz CT molecular complexity index is 931. The minimum atomic E-state index is -0.0157. The van der Waals surface area contributed by atoms with Crippen molar-refractivity contribution in [2.24, 2.45) is 5.41 Å². The standard InChI is InChI=1S/C22H24N4O/c1-22(2)13-19(24-21(27)16-25-11-7-4-8-12-25)18-15-23-26(20(18)14-22)17-9-5-3-6-10-17/h3-12,15,19H,13-14,16H2,1-2H3/p+1. The molecule has 0 radical (unpaired) electrons. The van der Waals surface area contributed by atoms with Gasteiger partial charge < -0.3 is 5.32 Å². The van der Waals surface area contributed by atoms with Gasteiger partial charge in [0.1, 0.15) is 0 Å². The van der Waals surface area contributed by atoms with Crippen molar-refractivity contribution >= 4 is 5.91 Å². The van der Waals surface area contributed by atoms with Gasteiger partial charge in [0.05, 0.1) is 23.6 Å². The van der Waals surface area contributed by atoms with Gasteiger partial charge >= 0.3 is 0 Å². The summed E-state index contributed by atoms with van der Waals surface area (Å²) in [6, 6.07) is 16.0. The highest BCUT2D eigenvalue weighted by Gasteiger charge is 2.36. The molecule has 0 fully saturated rings. The largest absolute Gasteiger partial charge is 0.344 e. The Labute approximate surface area is 159 Å². The first kappa shape index (κ1) is 17.5. The number of aromatic nitrogens is 3. The van der Waals surface area contributed by atoms with Crippen molar-refractivity contribution in [3.05, 3.63) is 78.4 Å². The Morgan fingerprint density at radius 3 is 2.63 bits per heavy atom. The SMILES string of the molecule is CC1(C)Cc2c(cnn2-c2ccccc2)C(NC(=O)C[n+]2ccccc2)C1. The summed E-state index contributed by atoms with van der Waals surface area (Å²) in [5, 5.41) is 7.87. The Morgan fingerprint density at radius 1 is 1.19 bits per heavy atom. The summed E-state index contributed by atoms with van der Waals surface area (Å²) in [6.07, 6.45) is 7.58. The van der Waals surface area contributed by atoms with Crippen LogP contribution >= 0.6 is 0 Å². The molecular formula is C22H25N4O+. The molecule has 0 saturated carbocycles. The number of rotatable bonds is 4. The van der Waals surface area contributed by atoms with Crippen LogP contribution in [0.5, 0.6) is 0 Å². The normalized spacial score (nSPS) is 17.9. The first-order chi connectivity index (χ1) is 13.0. The van der Waals surface area contributed by atoms with Crippen molar-refractivity contribution in [2.75, 3.05) is 0 Å². The van der Waals surface area contributed by atoms with Crippen molar-refractivity contribution in [2.45, 2.75) is 39.3 Å². The number of carbonyl (C=O) groups excluding carboxylic acids is 1. The molecule has 3 aromatic rings. The van der Waals surface area contributed by atoms with Gasteiger partial charge in [-0.15, -0.1) is 0 Å². The quantitative estimate of drug-likeness (QED) is 0.727. The lowest BCUT2D eigenvalue weighted by Crippen LogP contribution is -2.45. The van der Waals surface area contributed by atoms with E-state index in [1.165, 1.54) is 5.69 Å². The van der Waals surface area contributed by atoms with Gasteiger partial charge in [-0.3, -0.25) is 4.79 Å². The Balaban J connectivity index is 1.60. The number of amides is 1. The smallest absolute Gasteiger partial charge is 0.286 e. The molecule has 5 nitrogen and oxygen atoms in total. The first-order valence-corrected chi connectivity index (χ1v) is 9.37. The van der Waals surface area contributed by atoms with E-state index in [0.29, 0.717) is 6.54 Å². The van der Waals surface area contributed by atoms with E-state index in [4.69, 9.17) is 0 Å². The summed E-state index contributed by atoms with van der Waals surface area (Å²) in [5.41, 5.74) is 3.47. The second kappa shape index (κ2) is 6.99. The van der Waals surface area contributed by atoms with Crippen LogP contribution in [-0.2, 0) is 17.8 Å².